The van der Waals surface area contributed by atoms with E-state index < -0.39 is 0 Å². The Kier molecular flexibility index (Phi) is 6.04. The van der Waals surface area contributed by atoms with Gasteiger partial charge in [-0.05, 0) is 41.8 Å². The molecule has 0 unspecified atom stereocenters. The van der Waals surface area contributed by atoms with Crippen LogP contribution in [0.5, 0.6) is 5.75 Å². The monoisotopic (exact) mass is 450 g/mol. The van der Waals surface area contributed by atoms with Crippen molar-refractivity contribution in [3.63, 3.8) is 0 Å². The molecule has 0 atom stereocenters. The lowest BCUT2D eigenvalue weighted by Gasteiger charge is -2.11. The summed E-state index contributed by atoms with van der Waals surface area (Å²) in [7, 11) is 0. The zero-order chi connectivity index (χ0) is 23.5. The van der Waals surface area contributed by atoms with E-state index in [0.29, 0.717) is 30.3 Å². The molecule has 0 aliphatic heterocycles. The predicted octanol–water partition coefficient (Wildman–Crippen LogP) is 5.76. The topological polar surface area (TPSA) is 80.8 Å². The Labute approximate surface area is 198 Å². The number of benzene rings is 3. The molecule has 0 saturated heterocycles. The zero-order valence-electron chi connectivity index (χ0n) is 19.3. The second kappa shape index (κ2) is 9.43. The molecular weight excluding hydrogens is 424 g/mol. The van der Waals surface area contributed by atoms with Crippen LogP contribution >= 0.6 is 0 Å². The normalized spacial score (nSPS) is 11.4. The van der Waals surface area contributed by atoms with Gasteiger partial charge in [0.25, 0.3) is 0 Å². The quantitative estimate of drug-likeness (QED) is 0.325. The highest BCUT2D eigenvalue weighted by atomic mass is 16.5. The fourth-order valence-corrected chi connectivity index (χ4v) is 4.10. The Morgan fingerprint density at radius 2 is 1.88 bits per heavy atom. The number of rotatable bonds is 8. The SMILES string of the molecule is CC(C)CC(=O)COc1cccc(-c2nc(Cc3ccc4[nH]ncc4c3)c3ccccc3n2)c1. The molecule has 0 bridgehead atoms. The summed E-state index contributed by atoms with van der Waals surface area (Å²) >= 11 is 0. The summed E-state index contributed by atoms with van der Waals surface area (Å²) < 4.78 is 5.76. The first-order valence-corrected chi connectivity index (χ1v) is 11.5. The zero-order valence-corrected chi connectivity index (χ0v) is 19.3. The molecule has 1 N–H and O–H groups in total. The number of aromatic amines is 1. The highest BCUT2D eigenvalue weighted by Crippen LogP contribution is 2.26. The summed E-state index contributed by atoms with van der Waals surface area (Å²) in [4.78, 5) is 21.8. The summed E-state index contributed by atoms with van der Waals surface area (Å²) in [5.41, 5.74) is 4.88. The third-order valence-electron chi connectivity index (χ3n) is 5.69. The molecule has 0 spiro atoms. The van der Waals surface area contributed by atoms with E-state index in [1.807, 2.05) is 68.6 Å². The summed E-state index contributed by atoms with van der Waals surface area (Å²) in [6.07, 6.45) is 3.03. The van der Waals surface area contributed by atoms with Crippen LogP contribution in [0.25, 0.3) is 33.2 Å². The molecular formula is C28H26N4O2. The van der Waals surface area contributed by atoms with Crippen LogP contribution in [0.15, 0.2) is 72.9 Å². The van der Waals surface area contributed by atoms with E-state index in [0.717, 1.165) is 38.6 Å². The number of carbonyl (C=O) groups is 1. The number of para-hydroxylation sites is 1. The van der Waals surface area contributed by atoms with Crippen LogP contribution in [0.4, 0.5) is 0 Å². The van der Waals surface area contributed by atoms with Crippen LogP contribution < -0.4 is 4.74 Å². The van der Waals surface area contributed by atoms with Crippen LogP contribution in [0.1, 0.15) is 31.5 Å². The largest absolute Gasteiger partial charge is 0.486 e. The number of Topliss-reactive ketones (excluding diaryl/α,β-unsaturated/α-hetero) is 1. The van der Waals surface area contributed by atoms with E-state index in [2.05, 4.69) is 28.4 Å². The number of ether oxygens (including phenoxy) is 1. The minimum atomic E-state index is 0.0714. The number of carbonyl (C=O) groups excluding carboxylic acids is 1. The number of nitrogens with zero attached hydrogens (tertiary/aromatic N) is 3. The third-order valence-corrected chi connectivity index (χ3v) is 5.69. The minimum Gasteiger partial charge on any atom is -0.486 e. The van der Waals surface area contributed by atoms with Crippen molar-refractivity contribution in [2.24, 2.45) is 5.92 Å². The number of fused-ring (bicyclic) bond motifs is 2. The molecule has 2 aromatic heterocycles. The van der Waals surface area contributed by atoms with E-state index in [1.165, 1.54) is 0 Å². The average Bonchev–Trinajstić information content (AvgIpc) is 3.30. The summed E-state index contributed by atoms with van der Waals surface area (Å²) in [6.45, 7) is 4.13. The van der Waals surface area contributed by atoms with Crippen LogP contribution in [0.2, 0.25) is 0 Å². The van der Waals surface area contributed by atoms with E-state index in [9.17, 15) is 4.79 Å². The number of hydrogen-bond donors (Lipinski definition) is 1. The van der Waals surface area contributed by atoms with Crippen LogP contribution in [-0.2, 0) is 11.2 Å². The first-order valence-electron chi connectivity index (χ1n) is 11.5. The molecule has 5 aromatic rings. The van der Waals surface area contributed by atoms with Crippen LogP contribution in [0.3, 0.4) is 0 Å². The first-order chi connectivity index (χ1) is 16.5. The fourth-order valence-electron chi connectivity index (χ4n) is 4.10. The highest BCUT2D eigenvalue weighted by molar-refractivity contribution is 5.84. The van der Waals surface area contributed by atoms with Crippen molar-refractivity contribution in [1.29, 1.82) is 0 Å². The van der Waals surface area contributed by atoms with Crippen molar-refractivity contribution in [1.82, 2.24) is 20.2 Å². The molecule has 0 radical (unpaired) electrons. The van der Waals surface area contributed by atoms with Gasteiger partial charge in [-0.1, -0.05) is 50.2 Å². The minimum absolute atomic E-state index is 0.0714. The lowest BCUT2D eigenvalue weighted by molar-refractivity contribution is -0.121. The Morgan fingerprint density at radius 1 is 1.00 bits per heavy atom. The molecule has 34 heavy (non-hydrogen) atoms. The molecule has 0 fully saturated rings. The molecule has 2 heterocycles. The second-order valence-corrected chi connectivity index (χ2v) is 8.93. The van der Waals surface area contributed by atoms with E-state index in [4.69, 9.17) is 14.7 Å². The van der Waals surface area contributed by atoms with E-state index >= 15 is 0 Å². The number of nitrogens with one attached hydrogen (secondary N) is 1. The van der Waals surface area contributed by atoms with E-state index in [-0.39, 0.29) is 12.4 Å². The van der Waals surface area contributed by atoms with Gasteiger partial charge in [0.05, 0.1) is 22.9 Å². The van der Waals surface area contributed by atoms with Crippen LogP contribution in [0, 0.1) is 5.92 Å². The fraction of sp³-hybridized carbons (Fsp3) is 0.214. The standard InChI is InChI=1S/C28H26N4O2/c1-18(2)12-22(33)17-34-23-7-5-6-20(15-23)28-30-26-9-4-3-8-24(26)27(31-28)14-19-10-11-25-21(13-19)16-29-32-25/h3-11,13,15-16,18H,12,14,17H2,1-2H3,(H,29,32). The van der Waals surface area contributed by atoms with Crippen molar-refractivity contribution in [3.8, 4) is 17.1 Å². The number of aromatic nitrogens is 4. The third kappa shape index (κ3) is 4.81. The van der Waals surface area contributed by atoms with Gasteiger partial charge >= 0.3 is 0 Å². The van der Waals surface area contributed by atoms with Crippen molar-refractivity contribution in [3.05, 3.63) is 84.2 Å². The molecule has 170 valence electrons. The van der Waals surface area contributed by atoms with Gasteiger partial charge in [0.2, 0.25) is 0 Å². The van der Waals surface area contributed by atoms with Gasteiger partial charge in [-0.15, -0.1) is 0 Å². The molecule has 0 saturated carbocycles. The Bertz CT molecular complexity index is 1470. The Hall–Kier alpha value is -4.06. The van der Waals surface area contributed by atoms with Crippen molar-refractivity contribution < 1.29 is 9.53 Å². The van der Waals surface area contributed by atoms with Crippen molar-refractivity contribution in [2.75, 3.05) is 6.61 Å². The lowest BCUT2D eigenvalue weighted by Crippen LogP contribution is -2.13. The van der Waals surface area contributed by atoms with Gasteiger partial charge < -0.3 is 4.74 Å². The van der Waals surface area contributed by atoms with Gasteiger partial charge in [0.15, 0.2) is 11.6 Å². The Morgan fingerprint density at radius 3 is 2.76 bits per heavy atom. The van der Waals surface area contributed by atoms with Gasteiger partial charge in [-0.3, -0.25) is 9.89 Å². The highest BCUT2D eigenvalue weighted by Gasteiger charge is 2.12. The summed E-state index contributed by atoms with van der Waals surface area (Å²) in [6, 6.07) is 22.0. The smallest absolute Gasteiger partial charge is 0.170 e. The van der Waals surface area contributed by atoms with Crippen molar-refractivity contribution in [2.45, 2.75) is 26.7 Å². The number of hydrogen-bond acceptors (Lipinski definition) is 5. The van der Waals surface area contributed by atoms with Gasteiger partial charge in [0.1, 0.15) is 12.4 Å². The summed E-state index contributed by atoms with van der Waals surface area (Å²) in [5, 5.41) is 9.22. The van der Waals surface area contributed by atoms with Crippen LogP contribution in [-0.4, -0.2) is 32.6 Å². The number of H-pyrrole nitrogens is 1. The molecule has 6 nitrogen and oxygen atoms in total. The van der Waals surface area contributed by atoms with Gasteiger partial charge in [-0.25, -0.2) is 9.97 Å². The molecule has 5 rings (SSSR count). The lowest BCUT2D eigenvalue weighted by atomic mass is 10.0. The second-order valence-electron chi connectivity index (χ2n) is 8.93. The van der Waals surface area contributed by atoms with Gasteiger partial charge in [-0.2, -0.15) is 5.10 Å². The maximum atomic E-state index is 12.1. The molecule has 6 heteroatoms. The van der Waals surface area contributed by atoms with E-state index in [1.54, 1.807) is 0 Å². The predicted molar refractivity (Wildman–Crippen MR) is 134 cm³/mol. The molecule has 0 aliphatic carbocycles. The maximum absolute atomic E-state index is 12.1. The van der Waals surface area contributed by atoms with Crippen molar-refractivity contribution >= 4 is 27.6 Å². The average molecular weight is 451 g/mol. The maximum Gasteiger partial charge on any atom is 0.170 e. The Balaban J connectivity index is 1.46. The molecule has 3 aromatic carbocycles. The molecule has 0 aliphatic rings. The first kappa shape index (κ1) is 21.8. The summed E-state index contributed by atoms with van der Waals surface area (Å²) in [5.74, 6) is 1.69. The van der Waals surface area contributed by atoms with Gasteiger partial charge in [0, 0.05) is 29.2 Å². The number of ketones is 1. The molecule has 0 amide bonds.